The topological polar surface area (TPSA) is 81.8 Å². The lowest BCUT2D eigenvalue weighted by Crippen LogP contribution is -2.00. The van der Waals surface area contributed by atoms with Crippen LogP contribution in [0.1, 0.15) is 12.0 Å². The molecule has 0 saturated carbocycles. The van der Waals surface area contributed by atoms with Gasteiger partial charge in [0, 0.05) is 12.0 Å². The van der Waals surface area contributed by atoms with Crippen molar-refractivity contribution in [2.45, 2.75) is 12.8 Å². The van der Waals surface area contributed by atoms with Crippen molar-refractivity contribution < 1.29 is 9.59 Å². The predicted molar refractivity (Wildman–Crippen MR) is 63.4 cm³/mol. The normalized spacial score (nSPS) is 9.81. The summed E-state index contributed by atoms with van der Waals surface area (Å²) in [6.07, 6.45) is 3.93. The van der Waals surface area contributed by atoms with Crippen molar-refractivity contribution in [2.75, 3.05) is 12.0 Å². The fourth-order valence-electron chi connectivity index (χ4n) is 1.21. The summed E-state index contributed by atoms with van der Waals surface area (Å²) < 4.78 is 14.9. The van der Waals surface area contributed by atoms with Gasteiger partial charge < -0.3 is 0 Å². The third kappa shape index (κ3) is 9.12. The Hall–Kier alpha value is -1.45. The Kier molecular flexibility index (Phi) is 7.09. The molecule has 0 fully saturated rings. The van der Waals surface area contributed by atoms with Crippen molar-refractivity contribution in [3.05, 3.63) is 35.9 Å². The number of benzene rings is 1. The van der Waals surface area contributed by atoms with E-state index in [0.717, 1.165) is 18.6 Å². The molecule has 4 nitrogen and oxygen atoms in total. The van der Waals surface area contributed by atoms with Crippen molar-refractivity contribution in [3.63, 3.8) is 0 Å². The lowest BCUT2D eigenvalue weighted by molar-refractivity contribution is -0.191. The van der Waals surface area contributed by atoms with Crippen LogP contribution in [0.4, 0.5) is 0 Å². The summed E-state index contributed by atoms with van der Waals surface area (Å²) in [5.41, 5.74) is 1.31. The highest BCUT2D eigenvalue weighted by atomic mass is 32.2. The molecular formula is C11H16N2O2S. The molecule has 88 valence electrons. The van der Waals surface area contributed by atoms with Crippen LogP contribution in [0, 0.1) is 9.56 Å². The van der Waals surface area contributed by atoms with Gasteiger partial charge in [-0.1, -0.05) is 40.0 Å². The first-order chi connectivity index (χ1) is 7.49. The minimum Gasteiger partial charge on any atom is -0.271 e. The van der Waals surface area contributed by atoms with Gasteiger partial charge in [0.2, 0.25) is 0 Å². The number of carbonyl (C=O) groups excluding carboxylic acids is 2. The maximum atomic E-state index is 8.12. The number of hydrogen-bond donors (Lipinski definition) is 2. The molecule has 16 heavy (non-hydrogen) atoms. The van der Waals surface area contributed by atoms with Crippen LogP contribution >= 0.6 is 0 Å². The van der Waals surface area contributed by atoms with Gasteiger partial charge in [0.1, 0.15) is 0 Å². The minimum atomic E-state index is -1.79. The third-order valence-electron chi connectivity index (χ3n) is 1.86. The van der Waals surface area contributed by atoms with Crippen LogP contribution in [-0.2, 0) is 25.6 Å². The van der Waals surface area contributed by atoms with E-state index in [-0.39, 0.29) is 6.15 Å². The standard InChI is InChI=1S/C10H16N2S.CO2/c1-13(11,12)9-5-8-10-6-3-2-4-7-10;2-1-3/h2-4,6-7,11-12H,5,8-9H2,1H3;. The predicted octanol–water partition coefficient (Wildman–Crippen LogP) is 2.34. The summed E-state index contributed by atoms with van der Waals surface area (Å²) >= 11 is 0. The zero-order valence-corrected chi connectivity index (χ0v) is 10.0. The molecule has 0 aliphatic carbocycles. The van der Waals surface area contributed by atoms with Gasteiger partial charge in [-0.05, 0) is 18.4 Å². The van der Waals surface area contributed by atoms with E-state index in [1.165, 1.54) is 5.56 Å². The molecule has 0 radical (unpaired) electrons. The highest BCUT2D eigenvalue weighted by Crippen LogP contribution is 2.03. The Morgan fingerprint density at radius 2 is 1.69 bits per heavy atom. The molecule has 2 N–H and O–H groups in total. The van der Waals surface area contributed by atoms with E-state index in [4.69, 9.17) is 19.1 Å². The molecular weight excluding hydrogens is 224 g/mol. The lowest BCUT2D eigenvalue weighted by Gasteiger charge is -2.03. The average Bonchev–Trinajstić information content (AvgIpc) is 2.18. The van der Waals surface area contributed by atoms with E-state index < -0.39 is 9.62 Å². The van der Waals surface area contributed by atoms with Crippen molar-refractivity contribution in [2.24, 2.45) is 0 Å². The third-order valence-corrected chi connectivity index (χ3v) is 2.97. The molecule has 0 amide bonds. The molecule has 0 unspecified atom stereocenters. The van der Waals surface area contributed by atoms with Crippen molar-refractivity contribution in [1.82, 2.24) is 0 Å². The van der Waals surface area contributed by atoms with Gasteiger partial charge in [-0.2, -0.15) is 9.59 Å². The Labute approximate surface area is 96.1 Å². The second kappa shape index (κ2) is 7.79. The number of rotatable bonds is 4. The van der Waals surface area contributed by atoms with Crippen LogP contribution in [0.15, 0.2) is 30.3 Å². The van der Waals surface area contributed by atoms with Crippen LogP contribution in [0.2, 0.25) is 0 Å². The maximum absolute atomic E-state index is 8.12. The quantitative estimate of drug-likeness (QED) is 0.846. The molecule has 0 bridgehead atoms. The summed E-state index contributed by atoms with van der Waals surface area (Å²) in [5, 5.41) is 0. The summed E-state index contributed by atoms with van der Waals surface area (Å²) in [7, 11) is -1.79. The molecule has 1 aromatic rings. The van der Waals surface area contributed by atoms with Gasteiger partial charge in [0.15, 0.2) is 0 Å². The van der Waals surface area contributed by atoms with Gasteiger partial charge in [-0.3, -0.25) is 9.56 Å². The lowest BCUT2D eigenvalue weighted by atomic mass is 10.1. The Bertz CT molecular complexity index is 421. The SMILES string of the molecule is CS(=N)(=N)CCCc1ccccc1.O=C=O. The summed E-state index contributed by atoms with van der Waals surface area (Å²) in [5.74, 6) is 0.724. The zero-order chi connectivity index (χ0) is 12.4. The molecule has 0 spiro atoms. The summed E-state index contributed by atoms with van der Waals surface area (Å²) in [6, 6.07) is 10.3. The first kappa shape index (κ1) is 14.6. The smallest absolute Gasteiger partial charge is 0.271 e. The van der Waals surface area contributed by atoms with Gasteiger partial charge in [-0.25, -0.2) is 0 Å². The Morgan fingerprint density at radius 1 is 1.19 bits per heavy atom. The van der Waals surface area contributed by atoms with Crippen LogP contribution in [-0.4, -0.2) is 18.2 Å². The van der Waals surface area contributed by atoms with Crippen molar-refractivity contribution >= 4 is 15.8 Å². The van der Waals surface area contributed by atoms with Gasteiger partial charge in [0.25, 0.3) is 0 Å². The van der Waals surface area contributed by atoms with Crippen molar-refractivity contribution in [1.29, 1.82) is 9.56 Å². The van der Waals surface area contributed by atoms with Crippen molar-refractivity contribution in [3.8, 4) is 0 Å². The van der Waals surface area contributed by atoms with E-state index in [0.29, 0.717) is 0 Å². The molecule has 1 rings (SSSR count). The molecule has 5 heteroatoms. The highest BCUT2D eigenvalue weighted by Gasteiger charge is 1.95. The molecule has 0 heterocycles. The number of nitrogens with one attached hydrogen (secondary N) is 2. The average molecular weight is 240 g/mol. The Balaban J connectivity index is 0.000000673. The van der Waals surface area contributed by atoms with E-state index in [2.05, 4.69) is 12.1 Å². The molecule has 0 aromatic heterocycles. The first-order valence-corrected chi connectivity index (χ1v) is 6.99. The fraction of sp³-hybridized carbons (Fsp3) is 0.364. The van der Waals surface area contributed by atoms with E-state index in [9.17, 15) is 0 Å². The minimum absolute atomic E-state index is 0.250. The summed E-state index contributed by atoms with van der Waals surface area (Å²) in [4.78, 5) is 16.2. The maximum Gasteiger partial charge on any atom is 0.373 e. The molecule has 0 aliphatic heterocycles. The molecule has 0 aliphatic rings. The van der Waals surface area contributed by atoms with Gasteiger partial charge in [-0.15, -0.1) is 0 Å². The first-order valence-electron chi connectivity index (χ1n) is 4.78. The van der Waals surface area contributed by atoms with E-state index >= 15 is 0 Å². The highest BCUT2D eigenvalue weighted by molar-refractivity contribution is 7.92. The second-order valence-corrected chi connectivity index (χ2v) is 6.05. The zero-order valence-electron chi connectivity index (χ0n) is 9.23. The molecule has 0 saturated heterocycles. The van der Waals surface area contributed by atoms with Crippen LogP contribution in [0.25, 0.3) is 0 Å². The summed E-state index contributed by atoms with van der Waals surface area (Å²) in [6.45, 7) is 0. The monoisotopic (exact) mass is 240 g/mol. The van der Waals surface area contributed by atoms with Gasteiger partial charge >= 0.3 is 6.15 Å². The van der Waals surface area contributed by atoms with Crippen LogP contribution < -0.4 is 0 Å². The number of aryl methyl sites for hydroxylation is 1. The van der Waals surface area contributed by atoms with Crippen LogP contribution in [0.3, 0.4) is 0 Å². The molecule has 1 aromatic carbocycles. The Morgan fingerprint density at radius 3 is 2.12 bits per heavy atom. The molecule has 0 atom stereocenters. The second-order valence-electron chi connectivity index (χ2n) is 3.46. The van der Waals surface area contributed by atoms with Crippen LogP contribution in [0.5, 0.6) is 0 Å². The number of hydrogen-bond acceptors (Lipinski definition) is 4. The largest absolute Gasteiger partial charge is 0.373 e. The fourth-order valence-corrected chi connectivity index (χ4v) is 1.93. The van der Waals surface area contributed by atoms with Gasteiger partial charge in [0.05, 0.1) is 0 Å². The van der Waals surface area contributed by atoms with E-state index in [1.54, 1.807) is 6.26 Å². The van der Waals surface area contributed by atoms with E-state index in [1.807, 2.05) is 18.2 Å².